The molecule has 1 N–H and O–H groups in total. The highest BCUT2D eigenvalue weighted by atomic mass is 35.5. The Labute approximate surface area is 155 Å². The van der Waals surface area contributed by atoms with Crippen LogP contribution >= 0.6 is 22.9 Å². The van der Waals surface area contributed by atoms with E-state index < -0.39 is 0 Å². The van der Waals surface area contributed by atoms with E-state index in [1.165, 1.54) is 24.6 Å². The molecule has 0 aromatic carbocycles. The molecule has 0 saturated carbocycles. The van der Waals surface area contributed by atoms with E-state index in [-0.39, 0.29) is 12.0 Å². The lowest BCUT2D eigenvalue weighted by Gasteiger charge is -2.19. The summed E-state index contributed by atoms with van der Waals surface area (Å²) in [4.78, 5) is 26.8. The lowest BCUT2D eigenvalue weighted by Crippen LogP contribution is -2.27. The number of likely N-dealkylation sites (tertiary alicyclic amines) is 1. The van der Waals surface area contributed by atoms with Gasteiger partial charge in [-0.15, -0.1) is 0 Å². The predicted molar refractivity (Wildman–Crippen MR) is 97.1 cm³/mol. The number of ether oxygens (including phenoxy) is 1. The maximum absolute atomic E-state index is 11.1. The van der Waals surface area contributed by atoms with E-state index in [1.807, 2.05) is 13.0 Å². The van der Waals surface area contributed by atoms with E-state index in [4.69, 9.17) is 16.3 Å². The standard InChI is InChI=1S/C16H20ClN5O2S/c1-9-4-14(19-8-18-9)24-12-5-10(2)22(6-12)7-13-15(17)21-16(25-13)20-11(3)23/h4,8,10,12H,5-7H2,1-3H3,(H,20,21,23)/t10-,12+/m0/s1. The van der Waals surface area contributed by atoms with Gasteiger partial charge in [0, 0.05) is 44.2 Å². The average Bonchev–Trinajstić information content (AvgIpc) is 3.02. The minimum atomic E-state index is -0.153. The molecule has 1 aliphatic rings. The summed E-state index contributed by atoms with van der Waals surface area (Å²) >= 11 is 7.62. The number of rotatable bonds is 5. The second-order valence-corrected chi connectivity index (χ2v) is 7.61. The first-order chi connectivity index (χ1) is 11.9. The Morgan fingerprint density at radius 3 is 3.04 bits per heavy atom. The van der Waals surface area contributed by atoms with E-state index in [0.29, 0.717) is 28.8 Å². The van der Waals surface area contributed by atoms with Crippen molar-refractivity contribution < 1.29 is 9.53 Å². The molecule has 0 bridgehead atoms. The van der Waals surface area contributed by atoms with Gasteiger partial charge in [0.05, 0.1) is 4.88 Å². The molecule has 1 saturated heterocycles. The van der Waals surface area contributed by atoms with Crippen LogP contribution in [0.25, 0.3) is 0 Å². The SMILES string of the molecule is CC(=O)Nc1nc(Cl)c(CN2C[C@H](Oc3cc(C)ncn3)C[C@@H]2C)s1. The van der Waals surface area contributed by atoms with Gasteiger partial charge < -0.3 is 10.1 Å². The molecule has 0 aliphatic carbocycles. The fourth-order valence-electron chi connectivity index (χ4n) is 2.84. The Kier molecular flexibility index (Phi) is 5.51. The van der Waals surface area contributed by atoms with Gasteiger partial charge in [0.1, 0.15) is 17.6 Å². The van der Waals surface area contributed by atoms with Crippen LogP contribution in [0.2, 0.25) is 5.15 Å². The fraction of sp³-hybridized carbons (Fsp3) is 0.500. The number of hydrogen-bond donors (Lipinski definition) is 1. The molecular weight excluding hydrogens is 362 g/mol. The van der Waals surface area contributed by atoms with E-state index >= 15 is 0 Å². The maximum Gasteiger partial charge on any atom is 0.223 e. The summed E-state index contributed by atoms with van der Waals surface area (Å²) in [5.74, 6) is 0.454. The smallest absolute Gasteiger partial charge is 0.223 e. The zero-order valence-electron chi connectivity index (χ0n) is 14.3. The number of anilines is 1. The van der Waals surface area contributed by atoms with Gasteiger partial charge in [-0.05, 0) is 13.8 Å². The van der Waals surface area contributed by atoms with Crippen LogP contribution in [0.1, 0.15) is 30.8 Å². The third kappa shape index (κ3) is 4.65. The Bertz CT molecular complexity index is 769. The summed E-state index contributed by atoms with van der Waals surface area (Å²) in [6.07, 6.45) is 2.50. The molecule has 1 aliphatic heterocycles. The third-order valence-corrected chi connectivity index (χ3v) is 5.39. The molecule has 7 nitrogen and oxygen atoms in total. The van der Waals surface area contributed by atoms with E-state index in [0.717, 1.165) is 23.5 Å². The first-order valence-corrected chi connectivity index (χ1v) is 9.22. The molecular formula is C16H20ClN5O2S. The van der Waals surface area contributed by atoms with Crippen LogP contribution < -0.4 is 10.1 Å². The number of aryl methyl sites for hydroxylation is 1. The summed E-state index contributed by atoms with van der Waals surface area (Å²) in [6, 6.07) is 2.20. The highest BCUT2D eigenvalue weighted by Crippen LogP contribution is 2.31. The summed E-state index contributed by atoms with van der Waals surface area (Å²) in [6.45, 7) is 7.00. The molecule has 3 rings (SSSR count). The molecule has 134 valence electrons. The minimum Gasteiger partial charge on any atom is -0.473 e. The molecule has 1 amide bonds. The van der Waals surface area contributed by atoms with Gasteiger partial charge in [0.15, 0.2) is 5.13 Å². The molecule has 25 heavy (non-hydrogen) atoms. The summed E-state index contributed by atoms with van der Waals surface area (Å²) in [5, 5.41) is 3.65. The minimum absolute atomic E-state index is 0.0748. The average molecular weight is 382 g/mol. The van der Waals surface area contributed by atoms with Crippen molar-refractivity contribution in [3.05, 3.63) is 28.1 Å². The highest BCUT2D eigenvalue weighted by Gasteiger charge is 2.31. The number of thiazole rings is 1. The Hall–Kier alpha value is -1.77. The van der Waals surface area contributed by atoms with Gasteiger partial charge in [-0.25, -0.2) is 15.0 Å². The molecule has 0 spiro atoms. The second-order valence-electron chi connectivity index (χ2n) is 6.17. The van der Waals surface area contributed by atoms with Crippen LogP contribution in [0.5, 0.6) is 5.88 Å². The van der Waals surface area contributed by atoms with Crippen molar-refractivity contribution in [2.75, 3.05) is 11.9 Å². The number of nitrogens with one attached hydrogen (secondary N) is 1. The van der Waals surface area contributed by atoms with Crippen molar-refractivity contribution in [2.45, 2.75) is 45.9 Å². The Morgan fingerprint density at radius 2 is 2.32 bits per heavy atom. The number of nitrogens with zero attached hydrogens (tertiary/aromatic N) is 4. The van der Waals surface area contributed by atoms with Gasteiger partial charge in [-0.3, -0.25) is 9.69 Å². The molecule has 2 aromatic rings. The van der Waals surface area contributed by atoms with E-state index in [2.05, 4.69) is 32.1 Å². The van der Waals surface area contributed by atoms with Gasteiger partial charge in [-0.1, -0.05) is 22.9 Å². The zero-order valence-corrected chi connectivity index (χ0v) is 15.9. The zero-order chi connectivity index (χ0) is 18.0. The van der Waals surface area contributed by atoms with Crippen LogP contribution in [0.15, 0.2) is 12.4 Å². The number of carbonyl (C=O) groups excluding carboxylic acids is 1. The number of hydrogen-bond acceptors (Lipinski definition) is 7. The normalized spacial score (nSPS) is 20.6. The van der Waals surface area contributed by atoms with Crippen molar-refractivity contribution in [2.24, 2.45) is 0 Å². The molecule has 0 radical (unpaired) electrons. The molecule has 0 unspecified atom stereocenters. The molecule has 9 heteroatoms. The van der Waals surface area contributed by atoms with Gasteiger partial charge in [-0.2, -0.15) is 0 Å². The van der Waals surface area contributed by atoms with E-state index in [1.54, 1.807) is 0 Å². The first-order valence-electron chi connectivity index (χ1n) is 8.03. The largest absolute Gasteiger partial charge is 0.473 e. The van der Waals surface area contributed by atoms with Crippen LogP contribution in [-0.4, -0.2) is 44.4 Å². The van der Waals surface area contributed by atoms with Crippen molar-refractivity contribution in [3.63, 3.8) is 0 Å². The number of halogens is 1. The van der Waals surface area contributed by atoms with Crippen molar-refractivity contribution >= 4 is 34.0 Å². The maximum atomic E-state index is 11.1. The van der Waals surface area contributed by atoms with Crippen molar-refractivity contribution in [3.8, 4) is 5.88 Å². The summed E-state index contributed by atoms with van der Waals surface area (Å²) in [7, 11) is 0. The number of amides is 1. The molecule has 2 aromatic heterocycles. The van der Waals surface area contributed by atoms with Crippen LogP contribution in [0.4, 0.5) is 5.13 Å². The lowest BCUT2D eigenvalue weighted by atomic mass is 10.2. The van der Waals surface area contributed by atoms with Crippen molar-refractivity contribution in [1.82, 2.24) is 19.9 Å². The highest BCUT2D eigenvalue weighted by molar-refractivity contribution is 7.16. The third-order valence-electron chi connectivity index (χ3n) is 4.01. The topological polar surface area (TPSA) is 80.2 Å². The Balaban J connectivity index is 1.62. The van der Waals surface area contributed by atoms with Gasteiger partial charge in [0.2, 0.25) is 11.8 Å². The van der Waals surface area contributed by atoms with Gasteiger partial charge >= 0.3 is 0 Å². The van der Waals surface area contributed by atoms with Crippen LogP contribution in [-0.2, 0) is 11.3 Å². The monoisotopic (exact) mass is 381 g/mol. The fourth-order valence-corrected chi connectivity index (χ4v) is 4.07. The van der Waals surface area contributed by atoms with Crippen LogP contribution in [0.3, 0.4) is 0 Å². The number of aromatic nitrogens is 3. The lowest BCUT2D eigenvalue weighted by molar-refractivity contribution is -0.114. The predicted octanol–water partition coefficient (Wildman–Crippen LogP) is 2.90. The molecule has 3 heterocycles. The van der Waals surface area contributed by atoms with Crippen molar-refractivity contribution in [1.29, 1.82) is 0 Å². The first kappa shape index (κ1) is 18.0. The summed E-state index contributed by atoms with van der Waals surface area (Å²) in [5.41, 5.74) is 0.884. The number of carbonyl (C=O) groups is 1. The second kappa shape index (κ2) is 7.63. The molecule has 2 atom stereocenters. The Morgan fingerprint density at radius 1 is 1.52 bits per heavy atom. The molecule has 1 fully saturated rings. The summed E-state index contributed by atoms with van der Waals surface area (Å²) < 4.78 is 5.99. The quantitative estimate of drug-likeness (QED) is 0.857. The van der Waals surface area contributed by atoms with Crippen LogP contribution in [0, 0.1) is 6.92 Å². The van der Waals surface area contributed by atoms with E-state index in [9.17, 15) is 4.79 Å². The van der Waals surface area contributed by atoms with Gasteiger partial charge in [0.25, 0.3) is 0 Å².